The van der Waals surface area contributed by atoms with Crippen molar-refractivity contribution in [1.29, 1.82) is 0 Å². The van der Waals surface area contributed by atoms with E-state index in [-0.39, 0.29) is 11.8 Å². The van der Waals surface area contributed by atoms with Gasteiger partial charge in [-0.1, -0.05) is 0 Å². The molecule has 82 valence electrons. The number of rotatable bonds is 4. The second-order valence-corrected chi connectivity index (χ2v) is 3.22. The number of carbonyl (C=O) groups is 2. The van der Waals surface area contributed by atoms with E-state index in [9.17, 15) is 9.59 Å². The van der Waals surface area contributed by atoms with Crippen LogP contribution < -0.4 is 10.6 Å². The Morgan fingerprint density at radius 1 is 1.53 bits per heavy atom. The smallest absolute Gasteiger partial charge is 0.242 e. The van der Waals surface area contributed by atoms with E-state index >= 15 is 0 Å². The number of amides is 2. The first-order chi connectivity index (χ1) is 7.09. The Bertz CT molecular complexity index is 332. The second kappa shape index (κ2) is 5.19. The second-order valence-electron chi connectivity index (χ2n) is 3.22. The lowest BCUT2D eigenvalue weighted by molar-refractivity contribution is -0.127. The van der Waals surface area contributed by atoms with Crippen LogP contribution in [0.15, 0.2) is 22.8 Å². The van der Waals surface area contributed by atoms with Crippen molar-refractivity contribution >= 4 is 11.8 Å². The Morgan fingerprint density at radius 3 is 2.80 bits per heavy atom. The Balaban J connectivity index is 2.32. The number of furan rings is 1. The van der Waals surface area contributed by atoms with Crippen LogP contribution in [0.25, 0.3) is 0 Å². The van der Waals surface area contributed by atoms with Crippen molar-refractivity contribution in [3.63, 3.8) is 0 Å². The highest BCUT2D eigenvalue weighted by molar-refractivity contribution is 5.86. The van der Waals surface area contributed by atoms with Crippen LogP contribution in [0.5, 0.6) is 0 Å². The van der Waals surface area contributed by atoms with E-state index in [1.54, 1.807) is 25.3 Å². The molecule has 1 unspecified atom stereocenters. The van der Waals surface area contributed by atoms with Crippen LogP contribution >= 0.6 is 0 Å². The van der Waals surface area contributed by atoms with Gasteiger partial charge >= 0.3 is 0 Å². The lowest BCUT2D eigenvalue weighted by Crippen LogP contribution is -2.43. The molecule has 0 fully saturated rings. The minimum atomic E-state index is -0.530. The highest BCUT2D eigenvalue weighted by atomic mass is 16.3. The van der Waals surface area contributed by atoms with Gasteiger partial charge in [-0.15, -0.1) is 0 Å². The summed E-state index contributed by atoms with van der Waals surface area (Å²) in [7, 11) is 0. The van der Waals surface area contributed by atoms with Gasteiger partial charge in [0.2, 0.25) is 11.8 Å². The maximum Gasteiger partial charge on any atom is 0.242 e. The molecule has 1 aromatic heterocycles. The van der Waals surface area contributed by atoms with Crippen LogP contribution in [0.4, 0.5) is 0 Å². The fraction of sp³-hybridized carbons (Fsp3) is 0.400. The van der Waals surface area contributed by atoms with Gasteiger partial charge in [0.05, 0.1) is 12.8 Å². The van der Waals surface area contributed by atoms with Gasteiger partial charge in [-0.3, -0.25) is 9.59 Å². The van der Waals surface area contributed by atoms with Crippen LogP contribution in [0, 0.1) is 0 Å². The first kappa shape index (κ1) is 11.3. The van der Waals surface area contributed by atoms with E-state index in [1.807, 2.05) is 0 Å². The van der Waals surface area contributed by atoms with Crippen molar-refractivity contribution in [2.75, 3.05) is 0 Å². The fourth-order valence-electron chi connectivity index (χ4n) is 1.11. The molecular formula is C10H14N2O3. The average Bonchev–Trinajstić information content (AvgIpc) is 2.65. The van der Waals surface area contributed by atoms with Crippen LogP contribution in [0.1, 0.15) is 19.6 Å². The van der Waals surface area contributed by atoms with Crippen molar-refractivity contribution in [3.05, 3.63) is 24.2 Å². The molecule has 5 nitrogen and oxygen atoms in total. The van der Waals surface area contributed by atoms with Crippen LogP contribution in [0.3, 0.4) is 0 Å². The van der Waals surface area contributed by atoms with E-state index in [2.05, 4.69) is 10.6 Å². The summed E-state index contributed by atoms with van der Waals surface area (Å²) in [5.41, 5.74) is 0. The average molecular weight is 210 g/mol. The Morgan fingerprint density at radius 2 is 2.27 bits per heavy atom. The molecule has 0 saturated heterocycles. The van der Waals surface area contributed by atoms with Gasteiger partial charge in [-0.25, -0.2) is 0 Å². The maximum absolute atomic E-state index is 11.4. The SMILES string of the molecule is CC(=O)NC(C)C(=O)NCc1ccco1. The molecule has 2 N–H and O–H groups in total. The predicted molar refractivity (Wildman–Crippen MR) is 53.8 cm³/mol. The molecule has 0 saturated carbocycles. The van der Waals surface area contributed by atoms with Gasteiger partial charge in [0, 0.05) is 6.92 Å². The largest absolute Gasteiger partial charge is 0.467 e. The third kappa shape index (κ3) is 3.84. The quantitative estimate of drug-likeness (QED) is 0.756. The van der Waals surface area contributed by atoms with E-state index in [0.29, 0.717) is 12.3 Å². The topological polar surface area (TPSA) is 71.3 Å². The third-order valence-corrected chi connectivity index (χ3v) is 1.83. The standard InChI is InChI=1S/C10H14N2O3/c1-7(12-8(2)13)10(14)11-6-9-4-3-5-15-9/h3-5,7H,6H2,1-2H3,(H,11,14)(H,12,13). The van der Waals surface area contributed by atoms with E-state index in [0.717, 1.165) is 0 Å². The zero-order valence-electron chi connectivity index (χ0n) is 8.74. The Hall–Kier alpha value is -1.78. The van der Waals surface area contributed by atoms with Gasteiger partial charge in [-0.2, -0.15) is 0 Å². The number of hydrogen-bond acceptors (Lipinski definition) is 3. The highest BCUT2D eigenvalue weighted by Gasteiger charge is 2.12. The molecule has 0 aliphatic rings. The molecule has 0 bridgehead atoms. The molecule has 0 aromatic carbocycles. The molecule has 2 amide bonds. The minimum Gasteiger partial charge on any atom is -0.467 e. The summed E-state index contributed by atoms with van der Waals surface area (Å²) in [6.45, 7) is 3.32. The summed E-state index contributed by atoms with van der Waals surface area (Å²) in [5, 5.41) is 5.13. The lowest BCUT2D eigenvalue weighted by atomic mass is 10.3. The van der Waals surface area contributed by atoms with Crippen molar-refractivity contribution in [3.8, 4) is 0 Å². The molecule has 1 rings (SSSR count). The van der Waals surface area contributed by atoms with Gasteiger partial charge in [-0.05, 0) is 19.1 Å². The summed E-state index contributed by atoms with van der Waals surface area (Å²) in [6, 6.07) is 2.99. The summed E-state index contributed by atoms with van der Waals surface area (Å²) in [5.74, 6) is 0.218. The summed E-state index contributed by atoms with van der Waals surface area (Å²) >= 11 is 0. The van der Waals surface area contributed by atoms with Gasteiger partial charge < -0.3 is 15.1 Å². The van der Waals surface area contributed by atoms with Crippen LogP contribution in [-0.4, -0.2) is 17.9 Å². The third-order valence-electron chi connectivity index (χ3n) is 1.83. The zero-order chi connectivity index (χ0) is 11.3. The molecule has 1 atom stereocenters. The summed E-state index contributed by atoms with van der Waals surface area (Å²) in [4.78, 5) is 22.1. The first-order valence-corrected chi connectivity index (χ1v) is 4.67. The molecule has 1 aromatic rings. The molecule has 5 heteroatoms. The lowest BCUT2D eigenvalue weighted by Gasteiger charge is -2.11. The maximum atomic E-state index is 11.4. The minimum absolute atomic E-state index is 0.226. The normalized spacial score (nSPS) is 11.9. The van der Waals surface area contributed by atoms with Gasteiger partial charge in [0.25, 0.3) is 0 Å². The number of carbonyl (C=O) groups excluding carboxylic acids is 2. The van der Waals surface area contributed by atoms with Crippen molar-refractivity contribution in [2.24, 2.45) is 0 Å². The van der Waals surface area contributed by atoms with E-state index in [4.69, 9.17) is 4.42 Å². The summed E-state index contributed by atoms with van der Waals surface area (Å²) in [6.07, 6.45) is 1.54. The Kier molecular flexibility index (Phi) is 3.91. The molecule has 0 radical (unpaired) electrons. The summed E-state index contributed by atoms with van der Waals surface area (Å²) < 4.78 is 5.04. The molecule has 0 spiro atoms. The predicted octanol–water partition coefficient (Wildman–Crippen LogP) is 0.420. The molecular weight excluding hydrogens is 196 g/mol. The highest BCUT2D eigenvalue weighted by Crippen LogP contribution is 1.98. The number of nitrogens with one attached hydrogen (secondary N) is 2. The molecule has 0 aliphatic carbocycles. The monoisotopic (exact) mass is 210 g/mol. The number of hydrogen-bond donors (Lipinski definition) is 2. The molecule has 1 heterocycles. The van der Waals surface area contributed by atoms with Gasteiger partial charge in [0.15, 0.2) is 0 Å². The van der Waals surface area contributed by atoms with Crippen molar-refractivity contribution < 1.29 is 14.0 Å². The van der Waals surface area contributed by atoms with Crippen LogP contribution in [0.2, 0.25) is 0 Å². The van der Waals surface area contributed by atoms with Crippen molar-refractivity contribution in [1.82, 2.24) is 10.6 Å². The van der Waals surface area contributed by atoms with E-state index < -0.39 is 6.04 Å². The molecule has 15 heavy (non-hydrogen) atoms. The Labute approximate surface area is 87.8 Å². The van der Waals surface area contributed by atoms with Gasteiger partial charge in [0.1, 0.15) is 11.8 Å². The van der Waals surface area contributed by atoms with E-state index in [1.165, 1.54) is 6.92 Å². The fourth-order valence-corrected chi connectivity index (χ4v) is 1.11. The molecule has 0 aliphatic heterocycles. The zero-order valence-corrected chi connectivity index (χ0v) is 8.74. The van der Waals surface area contributed by atoms with Crippen molar-refractivity contribution in [2.45, 2.75) is 26.4 Å². The van der Waals surface area contributed by atoms with Crippen LogP contribution in [-0.2, 0) is 16.1 Å². The first-order valence-electron chi connectivity index (χ1n) is 4.67.